The molecule has 2 amide bonds. The van der Waals surface area contributed by atoms with E-state index in [2.05, 4.69) is 11.4 Å². The number of piperidine rings is 1. The van der Waals surface area contributed by atoms with E-state index in [-0.39, 0.29) is 11.8 Å². The summed E-state index contributed by atoms with van der Waals surface area (Å²) in [6.07, 6.45) is -0.188. The summed E-state index contributed by atoms with van der Waals surface area (Å²) >= 11 is 0. The van der Waals surface area contributed by atoms with Crippen LogP contribution in [0, 0.1) is 29.0 Å². The quantitative estimate of drug-likeness (QED) is 0.718. The van der Waals surface area contributed by atoms with Crippen molar-refractivity contribution in [3.63, 3.8) is 0 Å². The van der Waals surface area contributed by atoms with E-state index in [1.54, 1.807) is 11.8 Å². The standard InChI is InChI=1S/C22H28FN3O4/c1-14(2)22(4,13-24)25-19(27)15(3)30-21(29)17-9-11-26(12-10-17)20(28)16-5-7-18(23)8-6-16/h5-8,14-15,17H,9-12H2,1-4H3,(H,25,27)/t15-,22+/m1/s1. The van der Waals surface area contributed by atoms with E-state index in [0.29, 0.717) is 31.5 Å². The van der Waals surface area contributed by atoms with Gasteiger partial charge in [0.1, 0.15) is 11.4 Å². The SMILES string of the molecule is CC(C)[C@](C)(C#N)NC(=O)[C@@H](C)OC(=O)C1CCN(C(=O)c2ccc(F)cc2)CC1. The topological polar surface area (TPSA) is 99.5 Å². The number of benzene rings is 1. The fraction of sp³-hybridized carbons (Fsp3) is 0.545. The van der Waals surface area contributed by atoms with Crippen LogP contribution in [-0.2, 0) is 14.3 Å². The van der Waals surface area contributed by atoms with Crippen LogP contribution in [0.5, 0.6) is 0 Å². The van der Waals surface area contributed by atoms with E-state index in [1.807, 2.05) is 13.8 Å². The molecule has 1 heterocycles. The average Bonchev–Trinajstić information content (AvgIpc) is 2.73. The predicted molar refractivity (Wildman–Crippen MR) is 108 cm³/mol. The Morgan fingerprint density at radius 1 is 1.20 bits per heavy atom. The first-order chi connectivity index (χ1) is 14.1. The van der Waals surface area contributed by atoms with Gasteiger partial charge in [0.05, 0.1) is 12.0 Å². The number of halogens is 1. The summed E-state index contributed by atoms with van der Waals surface area (Å²) in [5, 5.41) is 12.0. The van der Waals surface area contributed by atoms with Crippen molar-refractivity contribution in [3.8, 4) is 6.07 Å². The Bertz CT molecular complexity index is 826. The van der Waals surface area contributed by atoms with E-state index >= 15 is 0 Å². The molecule has 30 heavy (non-hydrogen) atoms. The first-order valence-electron chi connectivity index (χ1n) is 10.1. The summed E-state index contributed by atoms with van der Waals surface area (Å²) in [5.74, 6) is -2.16. The highest BCUT2D eigenvalue weighted by atomic mass is 19.1. The van der Waals surface area contributed by atoms with Gasteiger partial charge < -0.3 is 15.0 Å². The largest absolute Gasteiger partial charge is 0.452 e. The molecule has 1 aliphatic rings. The van der Waals surface area contributed by atoms with Crippen molar-refractivity contribution in [3.05, 3.63) is 35.6 Å². The average molecular weight is 417 g/mol. The van der Waals surface area contributed by atoms with Crippen LogP contribution in [0.1, 0.15) is 50.9 Å². The van der Waals surface area contributed by atoms with Crippen LogP contribution in [-0.4, -0.2) is 47.4 Å². The molecule has 1 aromatic carbocycles. The monoisotopic (exact) mass is 417 g/mol. The third-order valence-corrected chi connectivity index (χ3v) is 5.64. The normalized spacial score (nSPS) is 17.6. The van der Waals surface area contributed by atoms with Gasteiger partial charge in [-0.3, -0.25) is 14.4 Å². The van der Waals surface area contributed by atoms with Gasteiger partial charge in [0.15, 0.2) is 6.10 Å². The van der Waals surface area contributed by atoms with Crippen LogP contribution in [0.4, 0.5) is 4.39 Å². The van der Waals surface area contributed by atoms with Gasteiger partial charge in [-0.15, -0.1) is 0 Å². The molecule has 0 saturated carbocycles. The summed E-state index contributed by atoms with van der Waals surface area (Å²) in [6.45, 7) is 7.48. The second-order valence-corrected chi connectivity index (χ2v) is 8.11. The molecule has 162 valence electrons. The number of nitrogens with zero attached hydrogens (tertiary/aromatic N) is 2. The minimum Gasteiger partial charge on any atom is -0.452 e. The van der Waals surface area contributed by atoms with Gasteiger partial charge in [-0.25, -0.2) is 4.39 Å². The highest BCUT2D eigenvalue weighted by Gasteiger charge is 2.34. The zero-order valence-corrected chi connectivity index (χ0v) is 17.8. The predicted octanol–water partition coefficient (Wildman–Crippen LogP) is 2.66. The second kappa shape index (κ2) is 9.70. The van der Waals surface area contributed by atoms with Crippen molar-refractivity contribution in [1.82, 2.24) is 10.2 Å². The maximum absolute atomic E-state index is 13.0. The maximum Gasteiger partial charge on any atom is 0.309 e. The summed E-state index contributed by atoms with van der Waals surface area (Å²) in [4.78, 5) is 38.9. The number of likely N-dealkylation sites (tertiary alicyclic amines) is 1. The number of nitriles is 1. The smallest absolute Gasteiger partial charge is 0.309 e. The van der Waals surface area contributed by atoms with Crippen molar-refractivity contribution in [2.45, 2.75) is 52.2 Å². The fourth-order valence-electron chi connectivity index (χ4n) is 3.08. The number of hydrogen-bond donors (Lipinski definition) is 1. The lowest BCUT2D eigenvalue weighted by Gasteiger charge is -2.32. The summed E-state index contributed by atoms with van der Waals surface area (Å²) in [6, 6.07) is 7.42. The zero-order valence-electron chi connectivity index (χ0n) is 17.8. The Hall–Kier alpha value is -2.95. The lowest BCUT2D eigenvalue weighted by atomic mass is 9.90. The molecule has 8 heteroatoms. The number of rotatable bonds is 6. The third-order valence-electron chi connectivity index (χ3n) is 5.64. The van der Waals surface area contributed by atoms with Crippen LogP contribution < -0.4 is 5.32 Å². The van der Waals surface area contributed by atoms with E-state index in [9.17, 15) is 24.0 Å². The number of hydrogen-bond acceptors (Lipinski definition) is 5. The van der Waals surface area contributed by atoms with Crippen molar-refractivity contribution in [2.75, 3.05) is 13.1 Å². The van der Waals surface area contributed by atoms with Crippen LogP contribution in [0.25, 0.3) is 0 Å². The Balaban J connectivity index is 1.86. The summed E-state index contributed by atoms with van der Waals surface area (Å²) < 4.78 is 18.3. The summed E-state index contributed by atoms with van der Waals surface area (Å²) in [7, 11) is 0. The molecule has 0 radical (unpaired) electrons. The molecule has 0 aliphatic carbocycles. The lowest BCUT2D eigenvalue weighted by molar-refractivity contribution is -0.160. The van der Waals surface area contributed by atoms with Crippen molar-refractivity contribution < 1.29 is 23.5 Å². The molecule has 0 unspecified atom stereocenters. The molecular weight excluding hydrogens is 389 g/mol. The Kier molecular flexibility index (Phi) is 7.54. The molecule has 1 aliphatic heterocycles. The van der Waals surface area contributed by atoms with Crippen molar-refractivity contribution in [2.24, 2.45) is 11.8 Å². The maximum atomic E-state index is 13.0. The molecule has 2 atom stereocenters. The van der Waals surface area contributed by atoms with E-state index < -0.39 is 35.3 Å². The van der Waals surface area contributed by atoms with Crippen molar-refractivity contribution >= 4 is 17.8 Å². The Labute approximate surface area is 176 Å². The van der Waals surface area contributed by atoms with Gasteiger partial charge in [-0.1, -0.05) is 13.8 Å². The van der Waals surface area contributed by atoms with E-state index in [0.717, 1.165) is 0 Å². The first-order valence-corrected chi connectivity index (χ1v) is 10.1. The lowest BCUT2D eigenvalue weighted by Crippen LogP contribution is -2.52. The van der Waals surface area contributed by atoms with Crippen LogP contribution in [0.15, 0.2) is 24.3 Å². The zero-order chi connectivity index (χ0) is 22.5. The number of nitrogens with one attached hydrogen (secondary N) is 1. The molecule has 7 nitrogen and oxygen atoms in total. The van der Waals surface area contributed by atoms with E-state index in [4.69, 9.17) is 4.74 Å². The van der Waals surface area contributed by atoms with Gasteiger partial charge in [0, 0.05) is 18.7 Å². The minimum atomic E-state index is -1.05. The number of ether oxygens (including phenoxy) is 1. The van der Waals surface area contributed by atoms with Gasteiger partial charge in [-0.2, -0.15) is 5.26 Å². The minimum absolute atomic E-state index is 0.114. The molecule has 2 rings (SSSR count). The van der Waals surface area contributed by atoms with Crippen LogP contribution >= 0.6 is 0 Å². The van der Waals surface area contributed by atoms with Crippen molar-refractivity contribution in [1.29, 1.82) is 5.26 Å². The fourth-order valence-corrected chi connectivity index (χ4v) is 3.08. The molecule has 0 aromatic heterocycles. The molecule has 0 bridgehead atoms. The van der Waals surface area contributed by atoms with E-state index in [1.165, 1.54) is 31.2 Å². The first kappa shape index (κ1) is 23.3. The molecule has 1 fully saturated rings. The van der Waals surface area contributed by atoms with Gasteiger partial charge in [-0.05, 0) is 56.9 Å². The number of amides is 2. The molecule has 1 saturated heterocycles. The second-order valence-electron chi connectivity index (χ2n) is 8.11. The number of carbonyl (C=O) groups is 3. The van der Waals surface area contributed by atoms with Crippen LogP contribution in [0.3, 0.4) is 0 Å². The number of carbonyl (C=O) groups excluding carboxylic acids is 3. The molecule has 1 N–H and O–H groups in total. The van der Waals surface area contributed by atoms with Gasteiger partial charge in [0.2, 0.25) is 0 Å². The third kappa shape index (κ3) is 5.56. The molecule has 0 spiro atoms. The van der Waals surface area contributed by atoms with Gasteiger partial charge >= 0.3 is 5.97 Å². The van der Waals surface area contributed by atoms with Gasteiger partial charge in [0.25, 0.3) is 11.8 Å². The molecular formula is C22H28FN3O4. The van der Waals surface area contributed by atoms with Crippen LogP contribution in [0.2, 0.25) is 0 Å². The summed E-state index contributed by atoms with van der Waals surface area (Å²) in [5.41, 5.74) is -0.655. The Morgan fingerprint density at radius 3 is 2.27 bits per heavy atom. The molecule has 1 aromatic rings. The number of esters is 1. The Morgan fingerprint density at radius 2 is 1.77 bits per heavy atom. The highest BCUT2D eigenvalue weighted by Crippen LogP contribution is 2.22. The highest BCUT2D eigenvalue weighted by molar-refractivity contribution is 5.94.